The van der Waals surface area contributed by atoms with Crippen molar-refractivity contribution in [2.24, 2.45) is 0 Å². The van der Waals surface area contributed by atoms with E-state index in [1.54, 1.807) is 0 Å². The van der Waals surface area contributed by atoms with Gasteiger partial charge in [0.1, 0.15) is 0 Å². The number of hydrogen-bond acceptors (Lipinski definition) is 2. The zero-order chi connectivity index (χ0) is 40.0. The predicted molar refractivity (Wildman–Crippen MR) is 251 cm³/mol. The summed E-state index contributed by atoms with van der Waals surface area (Å²) in [7, 11) is 0. The van der Waals surface area contributed by atoms with Crippen LogP contribution in [0, 0.1) is 0 Å². The minimum absolute atomic E-state index is 0.0528. The summed E-state index contributed by atoms with van der Waals surface area (Å²) in [4.78, 5) is 5.13. The number of fused-ring (bicyclic) bond motifs is 7. The van der Waals surface area contributed by atoms with E-state index in [1.165, 1.54) is 94.6 Å². The number of rotatable bonds is 7. The zero-order valence-corrected chi connectivity index (χ0v) is 35.1. The minimum Gasteiger partial charge on any atom is -0.311 e. The van der Waals surface area contributed by atoms with Gasteiger partial charge in [-0.05, 0) is 123 Å². The molecule has 0 unspecified atom stereocenters. The van der Waals surface area contributed by atoms with Crippen molar-refractivity contribution >= 4 is 79.0 Å². The number of hydrogen-bond donors (Lipinski definition) is 0. The second-order valence-electron chi connectivity index (χ2n) is 17.8. The smallest absolute Gasteiger partial charge is 0.252 e. The Hall–Kier alpha value is -6.00. The van der Waals surface area contributed by atoms with Crippen LogP contribution in [0.2, 0.25) is 0 Å². The molecule has 7 aromatic carbocycles. The molecule has 0 N–H and O–H groups in total. The van der Waals surface area contributed by atoms with E-state index in [2.05, 4.69) is 215 Å². The Morgan fingerprint density at radius 1 is 0.362 bits per heavy atom. The van der Waals surface area contributed by atoms with E-state index in [1.807, 2.05) is 0 Å². The van der Waals surface area contributed by atoms with Gasteiger partial charge < -0.3 is 14.4 Å². The van der Waals surface area contributed by atoms with Gasteiger partial charge in [-0.15, -0.1) is 0 Å². The van der Waals surface area contributed by atoms with E-state index in [0.29, 0.717) is 23.7 Å². The highest BCUT2D eigenvalue weighted by Gasteiger charge is 2.44. The Balaban J connectivity index is 1.35. The zero-order valence-electron chi connectivity index (χ0n) is 35.1. The molecule has 2 aliphatic heterocycles. The van der Waals surface area contributed by atoms with E-state index in [0.717, 1.165) is 5.69 Å². The monoisotopic (exact) mass is 753 g/mol. The third kappa shape index (κ3) is 5.63. The molecular formula is C54H52BN3. The van der Waals surface area contributed by atoms with Crippen molar-refractivity contribution < 1.29 is 0 Å². The summed E-state index contributed by atoms with van der Waals surface area (Å²) < 4.78 is 2.49. The Morgan fingerprint density at radius 3 is 1.14 bits per heavy atom. The van der Waals surface area contributed by atoms with Crippen LogP contribution in [0.3, 0.4) is 0 Å². The van der Waals surface area contributed by atoms with Crippen LogP contribution in [-0.4, -0.2) is 11.3 Å². The molecule has 0 saturated heterocycles. The molecule has 2 aliphatic rings. The third-order valence-corrected chi connectivity index (χ3v) is 12.9. The van der Waals surface area contributed by atoms with Gasteiger partial charge in [-0.2, -0.15) is 0 Å². The molecule has 0 atom stereocenters. The van der Waals surface area contributed by atoms with Crippen molar-refractivity contribution in [1.82, 2.24) is 4.57 Å². The van der Waals surface area contributed by atoms with E-state index in [9.17, 15) is 0 Å². The second kappa shape index (κ2) is 13.8. The highest BCUT2D eigenvalue weighted by atomic mass is 15.2. The molecule has 286 valence electrons. The fourth-order valence-electron chi connectivity index (χ4n) is 9.65. The summed E-state index contributed by atoms with van der Waals surface area (Å²) in [6.45, 7) is 18.4. The number of aromatic nitrogens is 1. The van der Waals surface area contributed by atoms with Gasteiger partial charge in [0.2, 0.25) is 0 Å². The van der Waals surface area contributed by atoms with Crippen LogP contribution in [0.25, 0.3) is 27.5 Å². The minimum atomic E-state index is 0.0528. The van der Waals surface area contributed by atoms with Crippen molar-refractivity contribution in [2.45, 2.75) is 79.1 Å². The average molecular weight is 754 g/mol. The van der Waals surface area contributed by atoms with Crippen molar-refractivity contribution in [2.75, 3.05) is 9.80 Å². The lowest BCUT2D eigenvalue weighted by Gasteiger charge is -2.45. The highest BCUT2D eigenvalue weighted by Crippen LogP contribution is 2.47. The maximum Gasteiger partial charge on any atom is 0.252 e. The van der Waals surface area contributed by atoms with Gasteiger partial charge in [-0.1, -0.05) is 140 Å². The second-order valence-corrected chi connectivity index (χ2v) is 17.8. The molecule has 0 amide bonds. The molecule has 10 rings (SSSR count). The molecule has 1 aromatic heterocycles. The van der Waals surface area contributed by atoms with Gasteiger partial charge in [0.05, 0.1) is 16.7 Å². The van der Waals surface area contributed by atoms with E-state index < -0.39 is 0 Å². The Morgan fingerprint density at radius 2 is 0.741 bits per heavy atom. The van der Waals surface area contributed by atoms with Gasteiger partial charge in [0.15, 0.2) is 0 Å². The van der Waals surface area contributed by atoms with Gasteiger partial charge in [0.25, 0.3) is 6.71 Å². The van der Waals surface area contributed by atoms with Crippen LogP contribution < -0.4 is 26.2 Å². The van der Waals surface area contributed by atoms with Crippen LogP contribution in [0.15, 0.2) is 146 Å². The number of nitrogens with zero attached hydrogens (tertiary/aromatic N) is 3. The number of benzene rings is 7. The molecule has 3 nitrogen and oxygen atoms in total. The van der Waals surface area contributed by atoms with Gasteiger partial charge >= 0.3 is 0 Å². The lowest BCUT2D eigenvalue weighted by molar-refractivity contribution is 0.866. The maximum absolute atomic E-state index is 2.56. The van der Waals surface area contributed by atoms with Crippen molar-refractivity contribution in [3.8, 4) is 5.69 Å². The van der Waals surface area contributed by atoms with Crippen LogP contribution in [0.4, 0.5) is 34.1 Å². The molecule has 58 heavy (non-hydrogen) atoms. The quantitative estimate of drug-likeness (QED) is 0.150. The first-order valence-electron chi connectivity index (χ1n) is 21.3. The van der Waals surface area contributed by atoms with E-state index >= 15 is 0 Å². The van der Waals surface area contributed by atoms with Crippen LogP contribution in [0.1, 0.15) is 101 Å². The topological polar surface area (TPSA) is 11.4 Å². The Bertz CT molecular complexity index is 2670. The summed E-state index contributed by atoms with van der Waals surface area (Å²) in [6.07, 6.45) is 0. The van der Waals surface area contributed by atoms with Crippen molar-refractivity contribution in [1.29, 1.82) is 0 Å². The summed E-state index contributed by atoms with van der Waals surface area (Å²) >= 11 is 0. The number of para-hydroxylation sites is 2. The molecule has 0 fully saturated rings. The summed E-state index contributed by atoms with van der Waals surface area (Å²) in [5.74, 6) is 1.72. The predicted octanol–water partition coefficient (Wildman–Crippen LogP) is 13.4. The fraction of sp³-hybridized carbons (Fsp3) is 0.222. The highest BCUT2D eigenvalue weighted by molar-refractivity contribution is 7.00. The molecule has 0 radical (unpaired) electrons. The third-order valence-electron chi connectivity index (χ3n) is 12.9. The molecule has 0 aliphatic carbocycles. The largest absolute Gasteiger partial charge is 0.311 e. The SMILES string of the molecule is CC(C)c1ccc(N2c3ccc(C(C)C)cc3B3c4cc(C(C)C)ccc4N(c4ccc(C(C)C)cc4)c4cc(-n5c6ccccc6c6ccccc65)cc2c43)cc1. The maximum atomic E-state index is 2.56. The molecule has 4 heteroatoms. The van der Waals surface area contributed by atoms with Crippen molar-refractivity contribution in [3.05, 3.63) is 168 Å². The first-order valence-corrected chi connectivity index (χ1v) is 21.3. The first kappa shape index (κ1) is 36.4. The van der Waals surface area contributed by atoms with Crippen molar-refractivity contribution in [3.63, 3.8) is 0 Å². The standard InChI is InChI=1S/C54H52BN3/c1-33(2)37-17-23-41(24-18-37)56-50-27-21-39(35(5)6)29-46(50)55-47-30-40(36(7)8)22-28-51(47)57(42-25-19-38(20-26-42)34(3)4)53-32-43(31-52(56)54(53)55)58-48-15-11-9-13-44(48)45-14-10-12-16-49(45)58/h9-36H,1-8H3. The van der Waals surface area contributed by atoms with Crippen LogP contribution in [-0.2, 0) is 0 Å². The lowest BCUT2D eigenvalue weighted by Crippen LogP contribution is -2.61. The summed E-state index contributed by atoms with van der Waals surface area (Å²) in [5, 5.41) is 2.53. The van der Waals surface area contributed by atoms with Crippen LogP contribution in [0.5, 0.6) is 0 Å². The van der Waals surface area contributed by atoms with Gasteiger partial charge in [-0.25, -0.2) is 0 Å². The molecule has 0 spiro atoms. The van der Waals surface area contributed by atoms with Crippen LogP contribution >= 0.6 is 0 Å². The number of anilines is 6. The normalized spacial score (nSPS) is 13.3. The molecule has 3 heterocycles. The summed E-state index contributed by atoms with van der Waals surface area (Å²) in [6, 6.07) is 55.9. The molecule has 0 bridgehead atoms. The van der Waals surface area contributed by atoms with Gasteiger partial charge in [0, 0.05) is 44.9 Å². The average Bonchev–Trinajstić information content (AvgIpc) is 3.57. The fourth-order valence-corrected chi connectivity index (χ4v) is 9.65. The first-order chi connectivity index (χ1) is 28.1. The molecule has 8 aromatic rings. The molecule has 0 saturated carbocycles. The lowest BCUT2D eigenvalue weighted by atomic mass is 9.33. The molecular weight excluding hydrogens is 701 g/mol. The van der Waals surface area contributed by atoms with E-state index in [4.69, 9.17) is 0 Å². The summed E-state index contributed by atoms with van der Waals surface area (Å²) in [5.41, 5.74) is 20.4. The Labute approximate surface area is 344 Å². The van der Waals surface area contributed by atoms with Gasteiger partial charge in [-0.3, -0.25) is 0 Å². The Kier molecular flexibility index (Phi) is 8.67. The van der Waals surface area contributed by atoms with E-state index in [-0.39, 0.29) is 6.71 Å².